The van der Waals surface area contributed by atoms with Gasteiger partial charge in [-0.2, -0.15) is 0 Å². The zero-order valence-corrected chi connectivity index (χ0v) is 11.9. The standard InChI is InChI=1S/C15H19NO4/c1-10-5-4-6-13(9-10)20-8-7-16-14(17)11(2)12(3)15(18)19/h4-6,9H,7-8H2,1-3H3,(H,16,17)(H,18,19). The molecule has 1 aromatic carbocycles. The van der Waals surface area contributed by atoms with Gasteiger partial charge in [0, 0.05) is 11.1 Å². The van der Waals surface area contributed by atoms with Gasteiger partial charge in [0.05, 0.1) is 6.54 Å². The normalized spacial score (nSPS) is 11.6. The number of aliphatic carboxylic acids is 1. The zero-order valence-electron chi connectivity index (χ0n) is 11.9. The molecule has 108 valence electrons. The van der Waals surface area contributed by atoms with E-state index in [1.807, 2.05) is 31.2 Å². The third-order valence-corrected chi connectivity index (χ3v) is 2.87. The van der Waals surface area contributed by atoms with Crippen molar-refractivity contribution < 1.29 is 19.4 Å². The molecule has 1 rings (SSSR count). The van der Waals surface area contributed by atoms with Gasteiger partial charge in [0.1, 0.15) is 12.4 Å². The predicted molar refractivity (Wildman–Crippen MR) is 75.7 cm³/mol. The van der Waals surface area contributed by atoms with Crippen molar-refractivity contribution in [3.8, 4) is 5.75 Å². The number of nitrogens with one attached hydrogen (secondary N) is 1. The number of ether oxygens (including phenoxy) is 1. The van der Waals surface area contributed by atoms with Crippen molar-refractivity contribution in [3.05, 3.63) is 41.0 Å². The van der Waals surface area contributed by atoms with Gasteiger partial charge in [0.25, 0.3) is 0 Å². The quantitative estimate of drug-likeness (QED) is 0.615. The van der Waals surface area contributed by atoms with E-state index < -0.39 is 11.9 Å². The Balaban J connectivity index is 2.40. The Kier molecular flexibility index (Phi) is 5.77. The molecule has 0 bridgehead atoms. The number of carbonyl (C=O) groups is 2. The van der Waals surface area contributed by atoms with Crippen molar-refractivity contribution in [1.82, 2.24) is 5.32 Å². The number of benzene rings is 1. The van der Waals surface area contributed by atoms with Crippen LogP contribution in [0.4, 0.5) is 0 Å². The molecule has 0 aliphatic heterocycles. The van der Waals surface area contributed by atoms with E-state index in [9.17, 15) is 9.59 Å². The summed E-state index contributed by atoms with van der Waals surface area (Å²) in [6.07, 6.45) is 0. The molecule has 0 unspecified atom stereocenters. The molecule has 0 fully saturated rings. The Morgan fingerprint density at radius 3 is 2.55 bits per heavy atom. The van der Waals surface area contributed by atoms with Crippen LogP contribution in [0.25, 0.3) is 0 Å². The first-order chi connectivity index (χ1) is 9.41. The lowest BCUT2D eigenvalue weighted by Gasteiger charge is -2.09. The molecule has 1 amide bonds. The molecule has 0 aromatic heterocycles. The lowest BCUT2D eigenvalue weighted by molar-refractivity contribution is -0.133. The third kappa shape index (κ3) is 4.76. The molecule has 20 heavy (non-hydrogen) atoms. The van der Waals surface area contributed by atoms with Crippen LogP contribution in [0.5, 0.6) is 5.75 Å². The second kappa shape index (κ2) is 7.33. The highest BCUT2D eigenvalue weighted by molar-refractivity contribution is 6.01. The fraction of sp³-hybridized carbons (Fsp3) is 0.333. The van der Waals surface area contributed by atoms with E-state index in [0.29, 0.717) is 13.2 Å². The molecule has 0 radical (unpaired) electrons. The highest BCUT2D eigenvalue weighted by Crippen LogP contribution is 2.11. The minimum Gasteiger partial charge on any atom is -0.492 e. The number of carboxylic acids is 1. The first kappa shape index (κ1) is 15.8. The Morgan fingerprint density at radius 2 is 1.95 bits per heavy atom. The van der Waals surface area contributed by atoms with E-state index in [2.05, 4.69) is 5.32 Å². The summed E-state index contributed by atoms with van der Waals surface area (Å²) in [6, 6.07) is 7.61. The maximum atomic E-state index is 11.7. The molecule has 0 saturated carbocycles. The van der Waals surface area contributed by atoms with E-state index in [0.717, 1.165) is 11.3 Å². The molecule has 0 saturated heterocycles. The Hall–Kier alpha value is -2.30. The summed E-state index contributed by atoms with van der Waals surface area (Å²) >= 11 is 0. The average molecular weight is 277 g/mol. The van der Waals surface area contributed by atoms with Gasteiger partial charge < -0.3 is 15.2 Å². The number of rotatable bonds is 6. The molecule has 1 aromatic rings. The highest BCUT2D eigenvalue weighted by atomic mass is 16.5. The van der Waals surface area contributed by atoms with Gasteiger partial charge in [-0.3, -0.25) is 4.79 Å². The van der Waals surface area contributed by atoms with E-state index >= 15 is 0 Å². The summed E-state index contributed by atoms with van der Waals surface area (Å²) in [4.78, 5) is 22.4. The van der Waals surface area contributed by atoms with Gasteiger partial charge in [-0.1, -0.05) is 12.1 Å². The Labute approximate surface area is 118 Å². The summed E-state index contributed by atoms with van der Waals surface area (Å²) in [5.74, 6) is -0.736. The van der Waals surface area contributed by atoms with Crippen LogP contribution in [-0.4, -0.2) is 30.1 Å². The molecule has 0 atom stereocenters. The summed E-state index contributed by atoms with van der Waals surface area (Å²) < 4.78 is 5.48. The van der Waals surface area contributed by atoms with Crippen LogP contribution in [0.3, 0.4) is 0 Å². The summed E-state index contributed by atoms with van der Waals surface area (Å²) in [5.41, 5.74) is 1.34. The number of hydrogen-bond acceptors (Lipinski definition) is 3. The molecule has 0 heterocycles. The smallest absolute Gasteiger partial charge is 0.331 e. The SMILES string of the molecule is CC(C(=O)O)=C(C)C(=O)NCCOc1cccc(C)c1. The highest BCUT2D eigenvalue weighted by Gasteiger charge is 2.11. The lowest BCUT2D eigenvalue weighted by Crippen LogP contribution is -2.29. The van der Waals surface area contributed by atoms with E-state index in [-0.39, 0.29) is 11.1 Å². The van der Waals surface area contributed by atoms with Crippen LogP contribution in [0.1, 0.15) is 19.4 Å². The van der Waals surface area contributed by atoms with Gasteiger partial charge in [0.2, 0.25) is 5.91 Å². The van der Waals surface area contributed by atoms with Crippen molar-refractivity contribution >= 4 is 11.9 Å². The minimum absolute atomic E-state index is 0.0436. The topological polar surface area (TPSA) is 75.6 Å². The first-order valence-corrected chi connectivity index (χ1v) is 6.30. The molecular formula is C15H19NO4. The molecule has 0 aliphatic rings. The van der Waals surface area contributed by atoms with Crippen molar-refractivity contribution in [2.45, 2.75) is 20.8 Å². The van der Waals surface area contributed by atoms with Crippen LogP contribution < -0.4 is 10.1 Å². The van der Waals surface area contributed by atoms with Crippen LogP contribution in [0, 0.1) is 6.92 Å². The van der Waals surface area contributed by atoms with Gasteiger partial charge in [0.15, 0.2) is 0 Å². The maximum absolute atomic E-state index is 11.7. The summed E-state index contributed by atoms with van der Waals surface area (Å²) in [7, 11) is 0. The molecule has 0 aliphatic carbocycles. The van der Waals surface area contributed by atoms with E-state index in [1.54, 1.807) is 0 Å². The Bertz CT molecular complexity index is 534. The third-order valence-electron chi connectivity index (χ3n) is 2.87. The van der Waals surface area contributed by atoms with Crippen LogP contribution in [0.2, 0.25) is 0 Å². The second-order valence-corrected chi connectivity index (χ2v) is 4.48. The summed E-state index contributed by atoms with van der Waals surface area (Å²) in [5, 5.41) is 11.4. The monoisotopic (exact) mass is 277 g/mol. The lowest BCUT2D eigenvalue weighted by atomic mass is 10.1. The number of carboxylic acid groups (broad SMARTS) is 1. The predicted octanol–water partition coefficient (Wildman–Crippen LogP) is 1.91. The van der Waals surface area contributed by atoms with Crippen molar-refractivity contribution in [2.24, 2.45) is 0 Å². The number of aryl methyl sites for hydroxylation is 1. The molecule has 0 spiro atoms. The van der Waals surface area contributed by atoms with Gasteiger partial charge in [-0.05, 0) is 38.5 Å². The second-order valence-electron chi connectivity index (χ2n) is 4.48. The van der Waals surface area contributed by atoms with Gasteiger partial charge in [-0.15, -0.1) is 0 Å². The number of amides is 1. The number of hydrogen-bond donors (Lipinski definition) is 2. The van der Waals surface area contributed by atoms with Crippen molar-refractivity contribution in [3.63, 3.8) is 0 Å². The molecule has 5 nitrogen and oxygen atoms in total. The molecule has 2 N–H and O–H groups in total. The number of carbonyl (C=O) groups excluding carboxylic acids is 1. The fourth-order valence-corrected chi connectivity index (χ4v) is 1.50. The largest absolute Gasteiger partial charge is 0.492 e. The van der Waals surface area contributed by atoms with Gasteiger partial charge in [-0.25, -0.2) is 4.79 Å². The minimum atomic E-state index is -1.09. The van der Waals surface area contributed by atoms with Crippen LogP contribution in [-0.2, 0) is 9.59 Å². The van der Waals surface area contributed by atoms with Crippen LogP contribution in [0.15, 0.2) is 35.4 Å². The van der Waals surface area contributed by atoms with Crippen molar-refractivity contribution in [1.29, 1.82) is 0 Å². The van der Waals surface area contributed by atoms with Crippen molar-refractivity contribution in [2.75, 3.05) is 13.2 Å². The van der Waals surface area contributed by atoms with E-state index in [4.69, 9.17) is 9.84 Å². The average Bonchev–Trinajstić information content (AvgIpc) is 2.41. The molecule has 5 heteroatoms. The van der Waals surface area contributed by atoms with Gasteiger partial charge >= 0.3 is 5.97 Å². The Morgan fingerprint density at radius 1 is 1.25 bits per heavy atom. The maximum Gasteiger partial charge on any atom is 0.331 e. The van der Waals surface area contributed by atoms with E-state index in [1.165, 1.54) is 13.8 Å². The fourth-order valence-electron chi connectivity index (χ4n) is 1.50. The van der Waals surface area contributed by atoms with Crippen LogP contribution >= 0.6 is 0 Å². The summed E-state index contributed by atoms with van der Waals surface area (Å²) in [6.45, 7) is 5.50. The molecular weight excluding hydrogens is 258 g/mol. The first-order valence-electron chi connectivity index (χ1n) is 6.30. The zero-order chi connectivity index (χ0) is 15.1.